The average molecular weight is 363 g/mol. The van der Waals surface area contributed by atoms with Crippen LogP contribution >= 0.6 is 23.4 Å². The Morgan fingerprint density at radius 3 is 2.67 bits per heavy atom. The molecule has 0 aliphatic rings. The van der Waals surface area contributed by atoms with Crippen molar-refractivity contribution in [1.82, 2.24) is 5.16 Å². The van der Waals surface area contributed by atoms with Gasteiger partial charge >= 0.3 is 0 Å². The van der Waals surface area contributed by atoms with Gasteiger partial charge in [0.2, 0.25) is 5.91 Å². The minimum Gasteiger partial charge on any atom is -0.507 e. The van der Waals surface area contributed by atoms with Crippen LogP contribution in [0.2, 0.25) is 5.02 Å². The molecule has 0 fully saturated rings. The number of hydrogen-bond acceptors (Lipinski definition) is 4. The first-order valence-corrected chi connectivity index (χ1v) is 7.70. The van der Waals surface area contributed by atoms with Crippen LogP contribution in [0.3, 0.4) is 0 Å². The summed E-state index contributed by atoms with van der Waals surface area (Å²) in [6, 6.07) is 13.4. The number of carbonyl (C=O) groups is 1. The monoisotopic (exact) mass is 362 g/mol. The SMILES string of the molecule is CC(=O)N(Cl)c1cccc(-c2cc(-c3c(O)cccc3Cl)no2)c1. The van der Waals surface area contributed by atoms with E-state index in [0.29, 0.717) is 33.3 Å². The predicted octanol–water partition coefficient (Wildman–Crippen LogP) is 4.87. The van der Waals surface area contributed by atoms with Crippen molar-refractivity contribution < 1.29 is 14.4 Å². The molecule has 0 radical (unpaired) electrons. The van der Waals surface area contributed by atoms with Crippen molar-refractivity contribution in [2.24, 2.45) is 0 Å². The number of aromatic hydroxyl groups is 1. The van der Waals surface area contributed by atoms with Gasteiger partial charge in [-0.3, -0.25) is 4.79 Å². The van der Waals surface area contributed by atoms with Crippen molar-refractivity contribution in [3.05, 3.63) is 53.6 Å². The topological polar surface area (TPSA) is 66.6 Å². The van der Waals surface area contributed by atoms with E-state index in [1.54, 1.807) is 42.5 Å². The first-order valence-electron chi connectivity index (χ1n) is 6.99. The van der Waals surface area contributed by atoms with Gasteiger partial charge in [-0.05, 0) is 24.3 Å². The maximum Gasteiger partial charge on any atom is 0.238 e. The number of nitrogens with zero attached hydrogens (tertiary/aromatic N) is 2. The molecule has 0 aliphatic heterocycles. The lowest BCUT2D eigenvalue weighted by Crippen LogP contribution is -2.16. The van der Waals surface area contributed by atoms with Crippen LogP contribution < -0.4 is 4.42 Å². The van der Waals surface area contributed by atoms with Crippen molar-refractivity contribution in [1.29, 1.82) is 0 Å². The molecule has 0 bridgehead atoms. The number of aromatic nitrogens is 1. The third-order valence-corrected chi connectivity index (χ3v) is 4.14. The molecule has 1 N–H and O–H groups in total. The highest BCUT2D eigenvalue weighted by Gasteiger charge is 2.16. The van der Waals surface area contributed by atoms with E-state index in [-0.39, 0.29) is 11.7 Å². The molecule has 24 heavy (non-hydrogen) atoms. The van der Waals surface area contributed by atoms with Crippen molar-refractivity contribution in [2.75, 3.05) is 4.42 Å². The number of phenolic OH excluding ortho intramolecular Hbond substituents is 1. The third-order valence-electron chi connectivity index (χ3n) is 3.39. The molecule has 7 heteroatoms. The van der Waals surface area contributed by atoms with E-state index in [1.807, 2.05) is 0 Å². The standard InChI is InChI=1S/C17H12Cl2N2O3/c1-10(22)21(19)12-5-2-4-11(8-12)16-9-14(20-24-16)17-13(18)6-3-7-15(17)23/h2-9,23H,1H3. The fraction of sp³-hybridized carbons (Fsp3) is 0.0588. The molecule has 0 saturated carbocycles. The maximum atomic E-state index is 11.4. The van der Waals surface area contributed by atoms with Crippen molar-refractivity contribution in [2.45, 2.75) is 6.92 Å². The van der Waals surface area contributed by atoms with Gasteiger partial charge < -0.3 is 9.63 Å². The summed E-state index contributed by atoms with van der Waals surface area (Å²) in [4.78, 5) is 11.4. The second kappa shape index (κ2) is 6.55. The van der Waals surface area contributed by atoms with E-state index < -0.39 is 0 Å². The molecule has 1 amide bonds. The Morgan fingerprint density at radius 1 is 1.21 bits per heavy atom. The van der Waals surface area contributed by atoms with Crippen LogP contribution in [-0.4, -0.2) is 16.2 Å². The smallest absolute Gasteiger partial charge is 0.238 e. The van der Waals surface area contributed by atoms with Gasteiger partial charge in [-0.15, -0.1) is 0 Å². The molecule has 3 rings (SSSR count). The fourth-order valence-corrected chi connectivity index (χ4v) is 2.63. The fourth-order valence-electron chi connectivity index (χ4n) is 2.26. The molecule has 0 aliphatic carbocycles. The highest BCUT2D eigenvalue weighted by Crippen LogP contribution is 2.37. The minimum absolute atomic E-state index is 0.0135. The number of anilines is 1. The van der Waals surface area contributed by atoms with Crippen LogP contribution in [0.15, 0.2) is 53.1 Å². The molecule has 5 nitrogen and oxygen atoms in total. The molecule has 2 aromatic carbocycles. The summed E-state index contributed by atoms with van der Waals surface area (Å²) in [7, 11) is 0. The quantitative estimate of drug-likeness (QED) is 0.674. The highest BCUT2D eigenvalue weighted by molar-refractivity contribution is 6.36. The van der Waals surface area contributed by atoms with E-state index in [0.717, 1.165) is 4.42 Å². The summed E-state index contributed by atoms with van der Waals surface area (Å²) in [5.41, 5.74) is 2.01. The molecular weight excluding hydrogens is 351 g/mol. The van der Waals surface area contributed by atoms with Gasteiger partial charge in [0.1, 0.15) is 11.4 Å². The van der Waals surface area contributed by atoms with Crippen LogP contribution in [0.5, 0.6) is 5.75 Å². The number of benzene rings is 2. The molecule has 0 atom stereocenters. The highest BCUT2D eigenvalue weighted by atomic mass is 35.5. The number of carbonyl (C=O) groups excluding carboxylic acids is 1. The second-order valence-corrected chi connectivity index (χ2v) is 5.81. The maximum absolute atomic E-state index is 11.4. The largest absolute Gasteiger partial charge is 0.507 e. The summed E-state index contributed by atoms with van der Waals surface area (Å²) in [5, 5.41) is 14.3. The second-order valence-electron chi connectivity index (χ2n) is 5.06. The summed E-state index contributed by atoms with van der Waals surface area (Å²) in [5.74, 6) is 0.174. The van der Waals surface area contributed by atoms with Gasteiger partial charge in [0.15, 0.2) is 5.76 Å². The van der Waals surface area contributed by atoms with E-state index >= 15 is 0 Å². The molecule has 0 saturated heterocycles. The lowest BCUT2D eigenvalue weighted by Gasteiger charge is -2.11. The molecular formula is C17H12Cl2N2O3. The van der Waals surface area contributed by atoms with Crippen LogP contribution in [0.25, 0.3) is 22.6 Å². The van der Waals surface area contributed by atoms with Gasteiger partial charge in [-0.1, -0.05) is 35.0 Å². The summed E-state index contributed by atoms with van der Waals surface area (Å²) in [6.45, 7) is 1.37. The molecule has 1 aromatic heterocycles. The van der Waals surface area contributed by atoms with Gasteiger partial charge in [-0.2, -0.15) is 0 Å². The third kappa shape index (κ3) is 3.09. The number of amides is 1. The Kier molecular flexibility index (Phi) is 4.46. The van der Waals surface area contributed by atoms with E-state index in [1.165, 1.54) is 13.0 Å². The first kappa shape index (κ1) is 16.4. The minimum atomic E-state index is -0.298. The van der Waals surface area contributed by atoms with Gasteiger partial charge in [0.05, 0.1) is 16.3 Å². The number of phenols is 1. The molecule has 1 heterocycles. The summed E-state index contributed by atoms with van der Waals surface area (Å²) < 4.78 is 6.36. The zero-order valence-corrected chi connectivity index (χ0v) is 14.0. The number of halogens is 2. The summed E-state index contributed by atoms with van der Waals surface area (Å²) in [6.07, 6.45) is 0. The van der Waals surface area contributed by atoms with Crippen LogP contribution in [0.1, 0.15) is 6.92 Å². The van der Waals surface area contributed by atoms with Crippen molar-refractivity contribution in [3.63, 3.8) is 0 Å². The molecule has 0 spiro atoms. The van der Waals surface area contributed by atoms with E-state index in [2.05, 4.69) is 5.16 Å². The number of hydrogen-bond donors (Lipinski definition) is 1. The van der Waals surface area contributed by atoms with Crippen LogP contribution in [-0.2, 0) is 4.79 Å². The Balaban J connectivity index is 2.00. The van der Waals surface area contributed by atoms with Gasteiger partial charge in [-0.25, -0.2) is 4.42 Å². The van der Waals surface area contributed by atoms with Gasteiger partial charge in [0, 0.05) is 30.3 Å². The van der Waals surface area contributed by atoms with E-state index in [4.69, 9.17) is 27.9 Å². The van der Waals surface area contributed by atoms with Gasteiger partial charge in [0.25, 0.3) is 0 Å². The first-order chi connectivity index (χ1) is 11.5. The Labute approximate surface area is 148 Å². The molecule has 3 aromatic rings. The zero-order chi connectivity index (χ0) is 17.3. The van der Waals surface area contributed by atoms with Crippen LogP contribution in [0.4, 0.5) is 5.69 Å². The summed E-state index contributed by atoms with van der Waals surface area (Å²) >= 11 is 12.0. The Hall–Kier alpha value is -2.50. The Bertz CT molecular complexity index is 888. The predicted molar refractivity (Wildman–Crippen MR) is 93.1 cm³/mol. The van der Waals surface area contributed by atoms with Crippen molar-refractivity contribution in [3.8, 4) is 28.3 Å². The lowest BCUT2D eigenvalue weighted by atomic mass is 10.1. The average Bonchev–Trinajstić information content (AvgIpc) is 3.03. The molecule has 0 unspecified atom stereocenters. The zero-order valence-electron chi connectivity index (χ0n) is 12.5. The van der Waals surface area contributed by atoms with Crippen LogP contribution in [0, 0.1) is 0 Å². The van der Waals surface area contributed by atoms with E-state index in [9.17, 15) is 9.90 Å². The normalized spacial score (nSPS) is 10.6. The lowest BCUT2D eigenvalue weighted by molar-refractivity contribution is -0.115. The number of rotatable bonds is 3. The van der Waals surface area contributed by atoms with Crippen molar-refractivity contribution >= 4 is 35.0 Å². The molecule has 122 valence electrons. The Morgan fingerprint density at radius 2 is 1.96 bits per heavy atom.